The largest absolute Gasteiger partial charge is 0.495 e. The number of rotatable bonds is 4. The zero-order chi connectivity index (χ0) is 13.1. The van der Waals surface area contributed by atoms with Crippen LogP contribution in [0.1, 0.15) is 25.1 Å². The van der Waals surface area contributed by atoms with Crippen LogP contribution in [0.5, 0.6) is 5.75 Å². The molecule has 0 spiro atoms. The molecular weight excluding hydrogens is 252 g/mol. The highest BCUT2D eigenvalue weighted by Crippen LogP contribution is 2.26. The van der Waals surface area contributed by atoms with E-state index in [9.17, 15) is 0 Å². The molecule has 2 N–H and O–H groups in total. The summed E-state index contributed by atoms with van der Waals surface area (Å²) in [6, 6.07) is 5.32. The molecule has 0 fully saturated rings. The minimum Gasteiger partial charge on any atom is -0.495 e. The smallest absolute Gasteiger partial charge is 0.139 e. The van der Waals surface area contributed by atoms with Crippen molar-refractivity contribution >= 4 is 11.6 Å². The van der Waals surface area contributed by atoms with Gasteiger partial charge in [0.25, 0.3) is 0 Å². The first kappa shape index (κ1) is 12.9. The molecule has 1 aromatic carbocycles. The lowest BCUT2D eigenvalue weighted by Gasteiger charge is -2.06. The first-order valence-electron chi connectivity index (χ1n) is 5.67. The Morgan fingerprint density at radius 3 is 2.94 bits per heavy atom. The van der Waals surface area contributed by atoms with E-state index in [0.717, 1.165) is 17.8 Å². The Labute approximate surface area is 111 Å². The highest BCUT2D eigenvalue weighted by atomic mass is 35.5. The van der Waals surface area contributed by atoms with Gasteiger partial charge in [0, 0.05) is 6.07 Å². The summed E-state index contributed by atoms with van der Waals surface area (Å²) in [6.45, 7) is 2.01. The zero-order valence-electron chi connectivity index (χ0n) is 10.3. The van der Waals surface area contributed by atoms with Crippen molar-refractivity contribution in [3.8, 4) is 11.4 Å². The molecule has 0 bridgehead atoms. The Morgan fingerprint density at radius 2 is 2.28 bits per heavy atom. The van der Waals surface area contributed by atoms with E-state index in [0.29, 0.717) is 10.8 Å². The molecule has 6 heteroatoms. The topological polar surface area (TPSA) is 66.0 Å². The van der Waals surface area contributed by atoms with Crippen LogP contribution in [0.2, 0.25) is 5.02 Å². The molecule has 2 aromatic rings. The molecule has 2 rings (SSSR count). The highest BCUT2D eigenvalue weighted by molar-refractivity contribution is 6.32. The molecule has 5 nitrogen and oxygen atoms in total. The van der Waals surface area contributed by atoms with E-state index in [4.69, 9.17) is 22.1 Å². The number of methoxy groups -OCH3 is 1. The van der Waals surface area contributed by atoms with E-state index < -0.39 is 0 Å². The third-order valence-electron chi connectivity index (χ3n) is 2.73. The van der Waals surface area contributed by atoms with Gasteiger partial charge in [-0.25, -0.2) is 4.68 Å². The van der Waals surface area contributed by atoms with Crippen LogP contribution in [0.25, 0.3) is 5.69 Å². The van der Waals surface area contributed by atoms with E-state index in [-0.39, 0.29) is 6.04 Å². The number of hydrogen-bond donors (Lipinski definition) is 1. The van der Waals surface area contributed by atoms with Gasteiger partial charge in [-0.05, 0) is 18.6 Å². The molecule has 0 aliphatic rings. The van der Waals surface area contributed by atoms with Crippen LogP contribution >= 0.6 is 11.6 Å². The normalized spacial score (nSPS) is 12.4. The highest BCUT2D eigenvalue weighted by Gasteiger charge is 2.10. The predicted molar refractivity (Wildman–Crippen MR) is 70.1 cm³/mol. The maximum Gasteiger partial charge on any atom is 0.139 e. The number of nitrogens with zero attached hydrogens (tertiary/aromatic N) is 3. The summed E-state index contributed by atoms with van der Waals surface area (Å²) in [5.41, 5.74) is 7.51. The van der Waals surface area contributed by atoms with Crippen molar-refractivity contribution in [3.63, 3.8) is 0 Å². The summed E-state index contributed by atoms with van der Waals surface area (Å²) in [7, 11) is 1.57. The van der Waals surface area contributed by atoms with Crippen LogP contribution in [-0.4, -0.2) is 22.1 Å². The lowest BCUT2D eigenvalue weighted by atomic mass is 10.2. The van der Waals surface area contributed by atoms with Gasteiger partial charge in [0.05, 0.1) is 35.8 Å². The summed E-state index contributed by atoms with van der Waals surface area (Å²) in [4.78, 5) is 0. The summed E-state index contributed by atoms with van der Waals surface area (Å²) < 4.78 is 6.82. The standard InChI is InChI=1S/C12H15ClN4O/c1-3-10(14)11-7-17(16-15-11)8-4-5-9(13)12(6-8)18-2/h4-7,10H,3,14H2,1-2H3. The van der Waals surface area contributed by atoms with Gasteiger partial charge in [-0.2, -0.15) is 0 Å². The van der Waals surface area contributed by atoms with Crippen molar-refractivity contribution in [2.45, 2.75) is 19.4 Å². The molecule has 96 valence electrons. The average Bonchev–Trinajstić information content (AvgIpc) is 2.88. The minimum absolute atomic E-state index is 0.0899. The van der Waals surface area contributed by atoms with Crippen LogP contribution in [0.3, 0.4) is 0 Å². The van der Waals surface area contributed by atoms with Crippen LogP contribution in [0, 0.1) is 0 Å². The molecule has 1 unspecified atom stereocenters. The van der Waals surface area contributed by atoms with Gasteiger partial charge in [0.2, 0.25) is 0 Å². The Balaban J connectivity index is 2.34. The van der Waals surface area contributed by atoms with Crippen molar-refractivity contribution in [2.75, 3.05) is 7.11 Å². The first-order chi connectivity index (χ1) is 8.65. The number of aromatic nitrogens is 3. The van der Waals surface area contributed by atoms with Crippen molar-refractivity contribution in [1.82, 2.24) is 15.0 Å². The molecule has 0 amide bonds. The first-order valence-corrected chi connectivity index (χ1v) is 6.05. The van der Waals surface area contributed by atoms with Crippen molar-refractivity contribution in [3.05, 3.63) is 35.1 Å². The SMILES string of the molecule is CCC(N)c1cn(-c2ccc(Cl)c(OC)c2)nn1. The third kappa shape index (κ3) is 2.47. The van der Waals surface area contributed by atoms with Gasteiger partial charge in [-0.15, -0.1) is 5.10 Å². The minimum atomic E-state index is -0.0899. The fraction of sp³-hybridized carbons (Fsp3) is 0.333. The monoisotopic (exact) mass is 266 g/mol. The van der Waals surface area contributed by atoms with Gasteiger partial charge in [-0.1, -0.05) is 23.7 Å². The summed E-state index contributed by atoms with van der Waals surface area (Å²) in [6.07, 6.45) is 2.64. The predicted octanol–water partition coefficient (Wildman–Crippen LogP) is 2.34. The second kappa shape index (κ2) is 5.37. The molecule has 1 atom stereocenters. The quantitative estimate of drug-likeness (QED) is 0.922. The van der Waals surface area contributed by atoms with E-state index in [1.807, 2.05) is 19.2 Å². The number of benzene rings is 1. The number of halogens is 1. The number of hydrogen-bond acceptors (Lipinski definition) is 4. The molecule has 18 heavy (non-hydrogen) atoms. The summed E-state index contributed by atoms with van der Waals surface area (Å²) >= 11 is 5.97. The van der Waals surface area contributed by atoms with Gasteiger partial charge in [0.1, 0.15) is 5.75 Å². The van der Waals surface area contributed by atoms with E-state index in [1.54, 1.807) is 23.9 Å². The Morgan fingerprint density at radius 1 is 1.50 bits per heavy atom. The molecule has 0 aliphatic carbocycles. The Bertz CT molecular complexity index is 541. The molecule has 0 saturated heterocycles. The fourth-order valence-electron chi connectivity index (χ4n) is 1.57. The Hall–Kier alpha value is -1.59. The van der Waals surface area contributed by atoms with Crippen molar-refractivity contribution in [2.24, 2.45) is 5.73 Å². The Kier molecular flexibility index (Phi) is 3.84. The van der Waals surface area contributed by atoms with Gasteiger partial charge in [-0.3, -0.25) is 0 Å². The molecule has 0 radical (unpaired) electrons. The van der Waals surface area contributed by atoms with Crippen molar-refractivity contribution in [1.29, 1.82) is 0 Å². The zero-order valence-corrected chi connectivity index (χ0v) is 11.1. The van der Waals surface area contributed by atoms with E-state index >= 15 is 0 Å². The van der Waals surface area contributed by atoms with E-state index in [2.05, 4.69) is 10.3 Å². The summed E-state index contributed by atoms with van der Waals surface area (Å²) in [5.74, 6) is 0.603. The molecule has 1 heterocycles. The molecular formula is C12H15ClN4O. The number of ether oxygens (including phenoxy) is 1. The number of nitrogens with two attached hydrogens (primary N) is 1. The van der Waals surface area contributed by atoms with Gasteiger partial charge in [0.15, 0.2) is 0 Å². The molecule has 0 saturated carbocycles. The molecule has 0 aliphatic heterocycles. The van der Waals surface area contributed by atoms with Crippen LogP contribution in [0.15, 0.2) is 24.4 Å². The average molecular weight is 267 g/mol. The van der Waals surface area contributed by atoms with Crippen molar-refractivity contribution < 1.29 is 4.74 Å². The van der Waals surface area contributed by atoms with Crippen LogP contribution < -0.4 is 10.5 Å². The lowest BCUT2D eigenvalue weighted by Crippen LogP contribution is -2.08. The third-order valence-corrected chi connectivity index (χ3v) is 3.04. The fourth-order valence-corrected chi connectivity index (χ4v) is 1.77. The lowest BCUT2D eigenvalue weighted by molar-refractivity contribution is 0.414. The second-order valence-corrected chi connectivity index (χ2v) is 4.33. The summed E-state index contributed by atoms with van der Waals surface area (Å²) in [5, 5.41) is 8.67. The van der Waals surface area contributed by atoms with Gasteiger partial charge >= 0.3 is 0 Å². The van der Waals surface area contributed by atoms with Crippen LogP contribution in [0.4, 0.5) is 0 Å². The maximum absolute atomic E-state index is 5.97. The van der Waals surface area contributed by atoms with E-state index in [1.165, 1.54) is 0 Å². The van der Waals surface area contributed by atoms with Crippen LogP contribution in [-0.2, 0) is 0 Å². The second-order valence-electron chi connectivity index (χ2n) is 3.92. The van der Waals surface area contributed by atoms with Gasteiger partial charge < -0.3 is 10.5 Å². The molecule has 1 aromatic heterocycles. The maximum atomic E-state index is 5.97.